The van der Waals surface area contributed by atoms with Gasteiger partial charge in [-0.3, -0.25) is 9.78 Å². The van der Waals surface area contributed by atoms with E-state index in [1.54, 1.807) is 18.6 Å². The Balaban J connectivity index is 2.32. The van der Waals surface area contributed by atoms with Crippen LogP contribution in [0.25, 0.3) is 10.7 Å². The van der Waals surface area contributed by atoms with Crippen LogP contribution >= 0.6 is 11.3 Å². The topological polar surface area (TPSA) is 54.9 Å². The van der Waals surface area contributed by atoms with E-state index in [-0.39, 0.29) is 5.91 Å². The lowest BCUT2D eigenvalue weighted by molar-refractivity contribution is 0.0959. The quantitative estimate of drug-likeness (QED) is 0.834. The number of amides is 1. The van der Waals surface area contributed by atoms with E-state index in [9.17, 15) is 4.79 Å². The third-order valence-electron chi connectivity index (χ3n) is 1.85. The highest BCUT2D eigenvalue weighted by atomic mass is 32.1. The van der Waals surface area contributed by atoms with Gasteiger partial charge in [-0.05, 0) is 12.1 Å². The second-order valence-corrected chi connectivity index (χ2v) is 3.69. The smallest absolute Gasteiger partial charge is 0.270 e. The van der Waals surface area contributed by atoms with Gasteiger partial charge in [0.05, 0.1) is 5.69 Å². The zero-order valence-corrected chi connectivity index (χ0v) is 8.91. The molecule has 5 heteroatoms. The van der Waals surface area contributed by atoms with Crippen LogP contribution in [0.4, 0.5) is 0 Å². The van der Waals surface area contributed by atoms with Gasteiger partial charge in [0.25, 0.3) is 5.91 Å². The first-order chi connectivity index (χ1) is 7.31. The van der Waals surface area contributed by atoms with Crippen LogP contribution in [0.5, 0.6) is 0 Å². The van der Waals surface area contributed by atoms with Crippen LogP contribution in [0.15, 0.2) is 29.8 Å². The molecule has 76 valence electrons. The number of rotatable bonds is 2. The molecule has 0 aromatic carbocycles. The van der Waals surface area contributed by atoms with E-state index in [0.29, 0.717) is 5.69 Å². The lowest BCUT2D eigenvalue weighted by Gasteiger charge is -1.93. The molecule has 1 N–H and O–H groups in total. The lowest BCUT2D eigenvalue weighted by Crippen LogP contribution is -2.17. The number of nitrogens with zero attached hydrogens (tertiary/aromatic N) is 2. The molecule has 2 rings (SSSR count). The van der Waals surface area contributed by atoms with E-state index in [0.717, 1.165) is 10.7 Å². The SMILES string of the molecule is CNC(=O)c1csc(-c2ccccn2)n1. The maximum atomic E-state index is 11.3. The third kappa shape index (κ3) is 2.02. The Morgan fingerprint density at radius 2 is 2.33 bits per heavy atom. The van der Waals surface area contributed by atoms with Gasteiger partial charge in [0, 0.05) is 18.6 Å². The van der Waals surface area contributed by atoms with Crippen LogP contribution in [-0.2, 0) is 0 Å². The summed E-state index contributed by atoms with van der Waals surface area (Å²) in [7, 11) is 1.59. The molecule has 0 fully saturated rings. The molecule has 0 radical (unpaired) electrons. The van der Waals surface area contributed by atoms with Gasteiger partial charge in [-0.15, -0.1) is 11.3 Å². The fourth-order valence-electron chi connectivity index (χ4n) is 1.11. The van der Waals surface area contributed by atoms with Crippen molar-refractivity contribution in [3.05, 3.63) is 35.5 Å². The van der Waals surface area contributed by atoms with Crippen molar-refractivity contribution in [2.24, 2.45) is 0 Å². The van der Waals surface area contributed by atoms with Crippen molar-refractivity contribution in [1.29, 1.82) is 0 Å². The van der Waals surface area contributed by atoms with Crippen molar-refractivity contribution in [2.45, 2.75) is 0 Å². The van der Waals surface area contributed by atoms with Crippen molar-refractivity contribution in [3.8, 4) is 10.7 Å². The maximum absolute atomic E-state index is 11.3. The largest absolute Gasteiger partial charge is 0.354 e. The molecule has 0 saturated heterocycles. The van der Waals surface area contributed by atoms with E-state index in [4.69, 9.17) is 0 Å². The number of aromatic nitrogens is 2. The molecular formula is C10H9N3OS. The summed E-state index contributed by atoms with van der Waals surface area (Å²) in [6, 6.07) is 5.60. The van der Waals surface area contributed by atoms with Crippen molar-refractivity contribution in [3.63, 3.8) is 0 Å². The molecule has 1 amide bonds. The van der Waals surface area contributed by atoms with Crippen LogP contribution in [0.3, 0.4) is 0 Å². The summed E-state index contributed by atoms with van der Waals surface area (Å²) in [5, 5.41) is 5.01. The summed E-state index contributed by atoms with van der Waals surface area (Å²) in [6.07, 6.45) is 1.70. The Kier molecular flexibility index (Phi) is 2.73. The number of hydrogen-bond acceptors (Lipinski definition) is 4. The molecule has 0 spiro atoms. The fraction of sp³-hybridized carbons (Fsp3) is 0.100. The van der Waals surface area contributed by atoms with E-state index in [2.05, 4.69) is 15.3 Å². The Morgan fingerprint density at radius 1 is 1.47 bits per heavy atom. The maximum Gasteiger partial charge on any atom is 0.270 e. The molecule has 0 aliphatic heterocycles. The molecule has 4 nitrogen and oxygen atoms in total. The summed E-state index contributed by atoms with van der Waals surface area (Å²) >= 11 is 1.41. The summed E-state index contributed by atoms with van der Waals surface area (Å²) in [4.78, 5) is 19.6. The van der Waals surface area contributed by atoms with Crippen molar-refractivity contribution in [2.75, 3.05) is 7.05 Å². The first kappa shape index (κ1) is 9.79. The minimum Gasteiger partial charge on any atom is -0.354 e. The minimum atomic E-state index is -0.173. The monoisotopic (exact) mass is 219 g/mol. The van der Waals surface area contributed by atoms with E-state index >= 15 is 0 Å². The molecule has 2 heterocycles. The second-order valence-electron chi connectivity index (χ2n) is 2.83. The number of thiazole rings is 1. The first-order valence-electron chi connectivity index (χ1n) is 4.40. The predicted octanol–water partition coefficient (Wildman–Crippen LogP) is 1.56. The minimum absolute atomic E-state index is 0.173. The van der Waals surface area contributed by atoms with Gasteiger partial charge in [0.15, 0.2) is 0 Å². The van der Waals surface area contributed by atoms with Gasteiger partial charge in [-0.25, -0.2) is 4.98 Å². The van der Waals surface area contributed by atoms with Crippen LogP contribution < -0.4 is 5.32 Å². The van der Waals surface area contributed by atoms with E-state index in [1.807, 2.05) is 18.2 Å². The Hall–Kier alpha value is -1.75. The van der Waals surface area contributed by atoms with E-state index in [1.165, 1.54) is 11.3 Å². The van der Waals surface area contributed by atoms with Crippen molar-refractivity contribution in [1.82, 2.24) is 15.3 Å². The molecule has 0 aliphatic rings. The number of hydrogen-bond donors (Lipinski definition) is 1. The standard InChI is InChI=1S/C10H9N3OS/c1-11-9(14)8-6-15-10(13-8)7-4-2-3-5-12-7/h2-6H,1H3,(H,11,14). The highest BCUT2D eigenvalue weighted by Gasteiger charge is 2.10. The molecule has 0 saturated carbocycles. The summed E-state index contributed by atoms with van der Waals surface area (Å²) in [6.45, 7) is 0. The molecule has 15 heavy (non-hydrogen) atoms. The highest BCUT2D eigenvalue weighted by Crippen LogP contribution is 2.20. The molecule has 0 unspecified atom stereocenters. The highest BCUT2D eigenvalue weighted by molar-refractivity contribution is 7.13. The summed E-state index contributed by atoms with van der Waals surface area (Å²) in [5.41, 5.74) is 1.22. The fourth-order valence-corrected chi connectivity index (χ4v) is 1.89. The Labute approximate surface area is 91.0 Å². The molecule has 0 aliphatic carbocycles. The lowest BCUT2D eigenvalue weighted by atomic mass is 10.3. The number of nitrogens with one attached hydrogen (secondary N) is 1. The Bertz CT molecular complexity index is 467. The number of carbonyl (C=O) groups excluding carboxylic acids is 1. The second kappa shape index (κ2) is 4.18. The van der Waals surface area contributed by atoms with Crippen molar-refractivity contribution >= 4 is 17.2 Å². The van der Waals surface area contributed by atoms with Crippen molar-refractivity contribution < 1.29 is 4.79 Å². The van der Waals surface area contributed by atoms with Gasteiger partial charge >= 0.3 is 0 Å². The first-order valence-corrected chi connectivity index (χ1v) is 5.28. The van der Waals surface area contributed by atoms with E-state index < -0.39 is 0 Å². The zero-order valence-electron chi connectivity index (χ0n) is 8.10. The molecule has 0 atom stereocenters. The van der Waals surface area contributed by atoms with Gasteiger partial charge < -0.3 is 5.32 Å². The normalized spacial score (nSPS) is 9.93. The van der Waals surface area contributed by atoms with Gasteiger partial charge in [0.2, 0.25) is 0 Å². The average molecular weight is 219 g/mol. The molecular weight excluding hydrogens is 210 g/mol. The molecule has 2 aromatic rings. The number of carbonyl (C=O) groups is 1. The van der Waals surface area contributed by atoms with Gasteiger partial charge in [-0.2, -0.15) is 0 Å². The average Bonchev–Trinajstić information content (AvgIpc) is 2.78. The van der Waals surface area contributed by atoms with Crippen LogP contribution in [0.1, 0.15) is 10.5 Å². The van der Waals surface area contributed by atoms with Gasteiger partial charge in [-0.1, -0.05) is 6.07 Å². The van der Waals surface area contributed by atoms with Crippen LogP contribution in [-0.4, -0.2) is 22.9 Å². The van der Waals surface area contributed by atoms with Gasteiger partial charge in [0.1, 0.15) is 10.7 Å². The summed E-state index contributed by atoms with van der Waals surface area (Å²) < 4.78 is 0. The predicted molar refractivity (Wildman–Crippen MR) is 58.7 cm³/mol. The third-order valence-corrected chi connectivity index (χ3v) is 2.71. The molecule has 2 aromatic heterocycles. The zero-order chi connectivity index (χ0) is 10.7. The Morgan fingerprint density at radius 3 is 3.00 bits per heavy atom. The molecule has 0 bridgehead atoms. The van der Waals surface area contributed by atoms with Crippen LogP contribution in [0.2, 0.25) is 0 Å². The van der Waals surface area contributed by atoms with Crippen LogP contribution in [0, 0.1) is 0 Å². The summed E-state index contributed by atoms with van der Waals surface area (Å²) in [5.74, 6) is -0.173. The number of pyridine rings is 1.